The van der Waals surface area contributed by atoms with Gasteiger partial charge in [0.25, 0.3) is 0 Å². The summed E-state index contributed by atoms with van der Waals surface area (Å²) in [7, 11) is -0.256. The highest BCUT2D eigenvalue weighted by molar-refractivity contribution is 6.49. The van der Waals surface area contributed by atoms with Crippen LogP contribution in [0, 0.1) is 0 Å². The molecule has 1 aromatic heterocycles. The number of hydrogen-bond acceptors (Lipinski definition) is 3. The molecule has 0 radical (unpaired) electrons. The van der Waals surface area contributed by atoms with Crippen molar-refractivity contribution in [2.75, 3.05) is 0 Å². The number of furan rings is 1. The van der Waals surface area contributed by atoms with Crippen molar-refractivity contribution in [3.63, 3.8) is 0 Å². The van der Waals surface area contributed by atoms with Crippen LogP contribution < -0.4 is 10.6 Å². The zero-order chi connectivity index (χ0) is 16.4. The molecule has 0 amide bonds. The average molecular weight is 331 g/mol. The van der Waals surface area contributed by atoms with Gasteiger partial charge >= 0.3 is 7.12 Å². The Bertz CT molecular complexity index is 881. The molecule has 0 spiro atoms. The van der Waals surface area contributed by atoms with E-state index in [1.165, 1.54) is 0 Å². The summed E-state index contributed by atoms with van der Waals surface area (Å²) in [6.45, 7) is 8.30. The highest BCUT2D eigenvalue weighted by atomic mass is 35.5. The lowest BCUT2D eigenvalue weighted by Crippen LogP contribution is -2.41. The van der Waals surface area contributed by atoms with Gasteiger partial charge in [-0.25, -0.2) is 0 Å². The fraction of sp³-hybridized carbons (Fsp3) is 0.444. The van der Waals surface area contributed by atoms with Crippen LogP contribution in [0.2, 0.25) is 10.8 Å². The van der Waals surface area contributed by atoms with Gasteiger partial charge in [0.05, 0.1) is 16.2 Å². The van der Waals surface area contributed by atoms with Gasteiger partial charge in [0.15, 0.2) is 5.58 Å². The Morgan fingerprint density at radius 1 is 1.13 bits per heavy atom. The van der Waals surface area contributed by atoms with Crippen LogP contribution in [-0.4, -0.2) is 18.3 Å². The molecule has 120 valence electrons. The van der Waals surface area contributed by atoms with Crippen molar-refractivity contribution in [3.8, 4) is 0 Å². The molecule has 1 saturated heterocycles. The van der Waals surface area contributed by atoms with Gasteiger partial charge in [0.1, 0.15) is 5.42 Å². The minimum absolute atomic E-state index is 0.142. The average Bonchev–Trinajstić information content (AvgIpc) is 2.94. The Hall–Kier alpha value is -1.23. The molecule has 1 aliphatic carbocycles. The molecule has 4 rings (SSSR count). The first kappa shape index (κ1) is 15.3. The topological polar surface area (TPSA) is 31.6 Å². The van der Waals surface area contributed by atoms with E-state index in [1.54, 1.807) is 0 Å². The monoisotopic (exact) mass is 330 g/mol. The Morgan fingerprint density at radius 2 is 1.83 bits per heavy atom. The Balaban J connectivity index is 1.75. The summed E-state index contributed by atoms with van der Waals surface area (Å²) in [6.07, 6.45) is 5.19. The van der Waals surface area contributed by atoms with E-state index in [1.807, 2.05) is 18.2 Å². The van der Waals surface area contributed by atoms with E-state index in [0.717, 1.165) is 28.0 Å². The van der Waals surface area contributed by atoms with Gasteiger partial charge in [-0.2, -0.15) is 0 Å². The molecule has 5 heteroatoms. The van der Waals surface area contributed by atoms with Crippen molar-refractivity contribution in [1.82, 2.24) is 0 Å². The van der Waals surface area contributed by atoms with Crippen LogP contribution in [0.3, 0.4) is 0 Å². The van der Waals surface area contributed by atoms with Gasteiger partial charge in [0.2, 0.25) is 0 Å². The van der Waals surface area contributed by atoms with Crippen molar-refractivity contribution < 1.29 is 13.7 Å². The predicted octanol–water partition coefficient (Wildman–Crippen LogP) is 3.51. The number of para-hydroxylation sites is 1. The second-order valence-electron chi connectivity index (χ2n) is 7.39. The molecule has 3 nitrogen and oxygen atoms in total. The van der Waals surface area contributed by atoms with Crippen LogP contribution in [0.25, 0.3) is 23.1 Å². The second-order valence-corrected chi connectivity index (χ2v) is 7.80. The largest absolute Gasteiger partial charge is 0.465 e. The summed E-state index contributed by atoms with van der Waals surface area (Å²) in [6, 6.07) is 5.85. The Morgan fingerprint density at radius 3 is 2.52 bits per heavy atom. The Labute approximate surface area is 141 Å². The van der Waals surface area contributed by atoms with E-state index in [9.17, 15) is 0 Å². The van der Waals surface area contributed by atoms with Crippen LogP contribution in [-0.2, 0) is 9.31 Å². The van der Waals surface area contributed by atoms with E-state index >= 15 is 0 Å². The molecule has 1 atom stereocenters. The first-order chi connectivity index (χ1) is 10.8. The first-order valence-electron chi connectivity index (χ1n) is 8.03. The lowest BCUT2D eigenvalue weighted by atomic mass is 9.68. The SMILES string of the molecule is CC1(C)OB(C2C=c3oc4c(Cl)cccc4c3=CC2)OC1(C)C. The molecule has 2 aromatic rings. The minimum atomic E-state index is -0.316. The standard InChI is InChI=1S/C18H20BClO3/c1-17(2)18(3,4)23-19(22-17)11-8-9-12-13-6-5-7-14(20)16(13)21-15(12)10-11/h5-7,9-11H,8H2,1-4H3. The number of fused-ring (bicyclic) bond motifs is 3. The van der Waals surface area contributed by atoms with E-state index in [0.29, 0.717) is 5.02 Å². The van der Waals surface area contributed by atoms with Crippen molar-refractivity contribution in [3.05, 3.63) is 33.9 Å². The van der Waals surface area contributed by atoms with Crippen LogP contribution in [0.1, 0.15) is 34.1 Å². The maximum Gasteiger partial charge on any atom is 0.465 e. The van der Waals surface area contributed by atoms with E-state index in [4.69, 9.17) is 25.3 Å². The normalized spacial score (nSPS) is 25.1. The molecule has 1 fully saturated rings. The maximum atomic E-state index is 6.24. The quantitative estimate of drug-likeness (QED) is 0.750. The zero-order valence-corrected chi connectivity index (χ0v) is 14.6. The number of halogens is 1. The highest BCUT2D eigenvalue weighted by Gasteiger charge is 2.53. The fourth-order valence-electron chi connectivity index (χ4n) is 3.23. The van der Waals surface area contributed by atoms with Crippen LogP contribution >= 0.6 is 11.6 Å². The van der Waals surface area contributed by atoms with E-state index < -0.39 is 0 Å². The highest BCUT2D eigenvalue weighted by Crippen LogP contribution is 2.41. The third-order valence-corrected chi connectivity index (χ3v) is 5.61. The lowest BCUT2D eigenvalue weighted by Gasteiger charge is -2.32. The van der Waals surface area contributed by atoms with Crippen molar-refractivity contribution in [2.45, 2.75) is 51.1 Å². The number of hydrogen-bond donors (Lipinski definition) is 0. The van der Waals surface area contributed by atoms with Crippen LogP contribution in [0.15, 0.2) is 22.6 Å². The summed E-state index contributed by atoms with van der Waals surface area (Å²) in [5.74, 6) is 0.142. The molecule has 1 aliphatic heterocycles. The molecule has 1 aromatic carbocycles. The molecule has 2 aliphatic rings. The van der Waals surface area contributed by atoms with Crippen molar-refractivity contribution in [1.29, 1.82) is 0 Å². The number of rotatable bonds is 1. The summed E-state index contributed by atoms with van der Waals surface area (Å²) in [5.41, 5.74) is 0.978. The number of benzene rings is 1. The molecular weight excluding hydrogens is 310 g/mol. The van der Waals surface area contributed by atoms with Gasteiger partial charge in [-0.05, 0) is 46.3 Å². The third-order valence-electron chi connectivity index (χ3n) is 5.32. The zero-order valence-electron chi connectivity index (χ0n) is 13.9. The molecule has 0 N–H and O–H groups in total. The van der Waals surface area contributed by atoms with Gasteiger partial charge < -0.3 is 13.7 Å². The molecular formula is C18H20BClO3. The third kappa shape index (κ3) is 2.27. The van der Waals surface area contributed by atoms with Gasteiger partial charge in [-0.15, -0.1) is 0 Å². The summed E-state index contributed by atoms with van der Waals surface area (Å²) in [4.78, 5) is 0. The van der Waals surface area contributed by atoms with Gasteiger partial charge in [0, 0.05) is 16.4 Å². The fourth-order valence-corrected chi connectivity index (χ4v) is 3.44. The van der Waals surface area contributed by atoms with Crippen LogP contribution in [0.4, 0.5) is 0 Å². The van der Waals surface area contributed by atoms with E-state index in [-0.39, 0.29) is 24.1 Å². The summed E-state index contributed by atoms with van der Waals surface area (Å²) in [5, 5.41) is 2.83. The molecule has 0 saturated carbocycles. The van der Waals surface area contributed by atoms with Gasteiger partial charge in [-0.1, -0.05) is 29.8 Å². The lowest BCUT2D eigenvalue weighted by molar-refractivity contribution is 0.00578. The molecule has 2 heterocycles. The molecule has 23 heavy (non-hydrogen) atoms. The molecule has 1 unspecified atom stereocenters. The minimum Gasteiger partial charge on any atom is -0.455 e. The van der Waals surface area contributed by atoms with Gasteiger partial charge in [-0.3, -0.25) is 0 Å². The first-order valence-corrected chi connectivity index (χ1v) is 8.41. The smallest absolute Gasteiger partial charge is 0.455 e. The predicted molar refractivity (Wildman–Crippen MR) is 93.9 cm³/mol. The molecule has 0 bridgehead atoms. The summed E-state index contributed by atoms with van der Waals surface area (Å²) < 4.78 is 18.3. The van der Waals surface area contributed by atoms with Crippen LogP contribution in [0.5, 0.6) is 0 Å². The maximum absolute atomic E-state index is 6.24. The summed E-state index contributed by atoms with van der Waals surface area (Å²) >= 11 is 6.24. The van der Waals surface area contributed by atoms with Crippen molar-refractivity contribution >= 4 is 41.8 Å². The van der Waals surface area contributed by atoms with Crippen molar-refractivity contribution in [2.24, 2.45) is 0 Å². The van der Waals surface area contributed by atoms with E-state index in [2.05, 4.69) is 39.8 Å². The Kier molecular flexibility index (Phi) is 3.25. The second kappa shape index (κ2) is 4.89.